The molecule has 2 aromatic rings. The summed E-state index contributed by atoms with van der Waals surface area (Å²) in [4.78, 5) is 11.7. The Labute approximate surface area is 112 Å². The van der Waals surface area contributed by atoms with Gasteiger partial charge in [0, 0.05) is 6.42 Å². The third-order valence-corrected chi connectivity index (χ3v) is 5.61. The lowest BCUT2D eigenvalue weighted by atomic mass is 10.4. The standard InChI is InChI=1S/2C6H5.C3H7NO.Al/c2*1-2-4-6-5-3-1;1-2-3(4)5;/h2*1-5H;2H2,1H3,(H2,4,5);/q;;;+1/p-1. The second-order valence-corrected chi connectivity index (χ2v) is 6.66. The molecule has 0 aliphatic rings. The van der Waals surface area contributed by atoms with Crippen molar-refractivity contribution in [3.05, 3.63) is 60.7 Å². The number of rotatable bonds is 4. The minimum Gasteiger partial charge on any atom is -0.439 e. The molecule has 2 nitrogen and oxygen atoms in total. The maximum absolute atomic E-state index is 11.7. The minimum absolute atomic E-state index is 0.124. The van der Waals surface area contributed by atoms with Crippen LogP contribution in [0.3, 0.4) is 0 Å². The van der Waals surface area contributed by atoms with E-state index in [4.69, 9.17) is 0 Å². The lowest BCUT2D eigenvalue weighted by Crippen LogP contribution is -2.56. The predicted molar refractivity (Wildman–Crippen MR) is 76.3 cm³/mol. The number of carbonyl (C=O) groups excluding carboxylic acids is 1. The summed E-state index contributed by atoms with van der Waals surface area (Å²) in [5, 5.41) is 0. The number of hydrogen-bond acceptors (Lipinski definition) is 1. The van der Waals surface area contributed by atoms with E-state index >= 15 is 0 Å². The molecule has 2 rings (SSSR count). The minimum atomic E-state index is -1.63. The summed E-state index contributed by atoms with van der Waals surface area (Å²) in [6, 6.07) is 20.5. The molecule has 0 aliphatic carbocycles. The SMILES string of the molecule is CCC(=O)[NH][Al]([c]1ccccc1)[c]1ccccc1. The van der Waals surface area contributed by atoms with Crippen molar-refractivity contribution in [2.45, 2.75) is 13.3 Å². The fourth-order valence-corrected chi connectivity index (χ4v) is 4.37. The molecule has 0 atom stereocenters. The summed E-state index contributed by atoms with van der Waals surface area (Å²) in [5.41, 5.74) is 0. The first kappa shape index (κ1) is 12.9. The van der Waals surface area contributed by atoms with Crippen LogP contribution in [0.25, 0.3) is 0 Å². The highest BCUT2D eigenvalue weighted by molar-refractivity contribution is 6.84. The van der Waals surface area contributed by atoms with Gasteiger partial charge in [-0.25, -0.2) is 0 Å². The monoisotopic (exact) mass is 253 g/mol. The molecule has 0 fully saturated rings. The fourth-order valence-electron chi connectivity index (χ4n) is 1.91. The molecule has 0 spiro atoms. The van der Waals surface area contributed by atoms with Crippen molar-refractivity contribution in [1.29, 1.82) is 0 Å². The lowest BCUT2D eigenvalue weighted by molar-refractivity contribution is -0.119. The van der Waals surface area contributed by atoms with Crippen molar-refractivity contribution in [2.24, 2.45) is 0 Å². The molecule has 2 aromatic carbocycles. The van der Waals surface area contributed by atoms with E-state index in [0.29, 0.717) is 6.42 Å². The van der Waals surface area contributed by atoms with Crippen LogP contribution in [0.15, 0.2) is 60.7 Å². The fraction of sp³-hybridized carbons (Fsp3) is 0.133. The number of amides is 1. The molecule has 0 aromatic heterocycles. The van der Waals surface area contributed by atoms with Gasteiger partial charge in [-0.2, -0.15) is 0 Å². The molecule has 18 heavy (non-hydrogen) atoms. The Morgan fingerprint density at radius 1 is 0.944 bits per heavy atom. The van der Waals surface area contributed by atoms with Gasteiger partial charge in [0.15, 0.2) is 5.91 Å². The van der Waals surface area contributed by atoms with Crippen LogP contribution in [-0.4, -0.2) is 20.3 Å². The van der Waals surface area contributed by atoms with Gasteiger partial charge in [-0.15, -0.1) is 0 Å². The molecule has 0 saturated heterocycles. The molecule has 0 saturated carbocycles. The summed E-state index contributed by atoms with van der Waals surface area (Å²) in [7, 11) is 0. The highest BCUT2D eigenvalue weighted by atomic mass is 27.2. The second kappa shape index (κ2) is 6.40. The summed E-state index contributed by atoms with van der Waals surface area (Å²) >= 11 is -1.63. The average Bonchev–Trinajstić information content (AvgIpc) is 2.46. The predicted octanol–water partition coefficient (Wildman–Crippen LogP) is 1.32. The van der Waals surface area contributed by atoms with E-state index < -0.39 is 14.4 Å². The topological polar surface area (TPSA) is 29.1 Å². The zero-order chi connectivity index (χ0) is 12.8. The summed E-state index contributed by atoms with van der Waals surface area (Å²) in [6.45, 7) is 1.89. The molecule has 3 heteroatoms. The molecule has 1 N–H and O–H groups in total. The van der Waals surface area contributed by atoms with E-state index in [2.05, 4.69) is 28.6 Å². The number of hydrogen-bond donors (Lipinski definition) is 1. The Balaban J connectivity index is 2.32. The maximum Gasteiger partial charge on any atom is 0.496 e. The quantitative estimate of drug-likeness (QED) is 0.818. The van der Waals surface area contributed by atoms with E-state index in [1.54, 1.807) is 0 Å². The van der Waals surface area contributed by atoms with Crippen molar-refractivity contribution >= 4 is 29.1 Å². The number of nitrogens with one attached hydrogen (secondary N) is 1. The zero-order valence-corrected chi connectivity index (χ0v) is 11.6. The van der Waals surface area contributed by atoms with Crippen LogP contribution in [-0.2, 0) is 4.79 Å². The van der Waals surface area contributed by atoms with Crippen molar-refractivity contribution in [3.8, 4) is 0 Å². The molecule has 0 heterocycles. The first-order valence-corrected chi connectivity index (χ1v) is 7.93. The van der Waals surface area contributed by atoms with Crippen molar-refractivity contribution in [3.63, 3.8) is 0 Å². The summed E-state index contributed by atoms with van der Waals surface area (Å²) in [6.07, 6.45) is 0.531. The molecule has 0 unspecified atom stereocenters. The van der Waals surface area contributed by atoms with Gasteiger partial charge in [-0.1, -0.05) is 76.4 Å². The van der Waals surface area contributed by atoms with E-state index in [1.807, 2.05) is 43.3 Å². The Hall–Kier alpha value is -1.56. The Morgan fingerprint density at radius 2 is 1.39 bits per heavy atom. The summed E-state index contributed by atoms with van der Waals surface area (Å²) < 4.78 is 5.68. The Morgan fingerprint density at radius 3 is 1.78 bits per heavy atom. The lowest BCUT2D eigenvalue weighted by Gasteiger charge is -2.13. The highest BCUT2D eigenvalue weighted by Crippen LogP contribution is 1.91. The van der Waals surface area contributed by atoms with Crippen LogP contribution in [0, 0.1) is 0 Å². The van der Waals surface area contributed by atoms with Gasteiger partial charge in [0.2, 0.25) is 0 Å². The third-order valence-electron chi connectivity index (χ3n) is 2.89. The van der Waals surface area contributed by atoms with Gasteiger partial charge in [0.05, 0.1) is 0 Å². The number of benzene rings is 2. The van der Waals surface area contributed by atoms with Crippen LogP contribution < -0.4 is 13.2 Å². The van der Waals surface area contributed by atoms with Crippen molar-refractivity contribution in [2.75, 3.05) is 0 Å². The van der Waals surface area contributed by atoms with Crippen molar-refractivity contribution in [1.82, 2.24) is 4.30 Å². The van der Waals surface area contributed by atoms with Gasteiger partial charge in [-0.05, 0) is 0 Å². The highest BCUT2D eigenvalue weighted by Gasteiger charge is 2.25. The molecule has 0 aliphatic heterocycles. The average molecular weight is 253 g/mol. The molecule has 0 bridgehead atoms. The Bertz CT molecular complexity index is 459. The van der Waals surface area contributed by atoms with Crippen LogP contribution in [0.2, 0.25) is 0 Å². The van der Waals surface area contributed by atoms with E-state index in [1.165, 1.54) is 8.85 Å². The first-order valence-electron chi connectivity index (χ1n) is 6.20. The van der Waals surface area contributed by atoms with Gasteiger partial charge >= 0.3 is 14.4 Å². The summed E-state index contributed by atoms with van der Waals surface area (Å²) in [5.74, 6) is 0.124. The van der Waals surface area contributed by atoms with E-state index in [0.717, 1.165) is 0 Å². The van der Waals surface area contributed by atoms with E-state index in [9.17, 15) is 4.79 Å². The van der Waals surface area contributed by atoms with Crippen LogP contribution in [0.5, 0.6) is 0 Å². The van der Waals surface area contributed by atoms with Gasteiger partial charge in [-0.3, -0.25) is 4.79 Å². The normalized spacial score (nSPS) is 9.83. The molecular formula is C15H16AlNO. The first-order chi connectivity index (χ1) is 8.81. The third kappa shape index (κ3) is 3.23. The van der Waals surface area contributed by atoms with Crippen LogP contribution in [0.4, 0.5) is 0 Å². The largest absolute Gasteiger partial charge is 0.496 e. The van der Waals surface area contributed by atoms with Crippen LogP contribution in [0.1, 0.15) is 13.3 Å². The zero-order valence-electron chi connectivity index (χ0n) is 10.5. The van der Waals surface area contributed by atoms with Crippen molar-refractivity contribution < 1.29 is 4.79 Å². The van der Waals surface area contributed by atoms with Gasteiger partial charge in [0.25, 0.3) is 0 Å². The van der Waals surface area contributed by atoms with Gasteiger partial charge in [0.1, 0.15) is 0 Å². The van der Waals surface area contributed by atoms with Gasteiger partial charge < -0.3 is 4.30 Å². The van der Waals surface area contributed by atoms with E-state index in [-0.39, 0.29) is 5.91 Å². The second-order valence-electron chi connectivity index (χ2n) is 4.18. The number of carbonyl (C=O) groups is 1. The molecule has 90 valence electrons. The smallest absolute Gasteiger partial charge is 0.439 e. The molecular weight excluding hydrogens is 237 g/mol. The van der Waals surface area contributed by atoms with Crippen LogP contribution >= 0.6 is 0 Å². The molecule has 0 radical (unpaired) electrons. The molecule has 1 amide bonds. The maximum atomic E-state index is 11.7. The Kier molecular flexibility index (Phi) is 4.58.